The van der Waals surface area contributed by atoms with E-state index in [0.29, 0.717) is 18.0 Å². The van der Waals surface area contributed by atoms with Gasteiger partial charge in [0.15, 0.2) is 5.78 Å². The number of Topliss-reactive ketones (excluding diaryl/α,β-unsaturated/α-hetero) is 1. The third-order valence-corrected chi connectivity index (χ3v) is 7.09. The third kappa shape index (κ3) is 5.02. The summed E-state index contributed by atoms with van der Waals surface area (Å²) in [5, 5.41) is 7.26. The number of anilines is 2. The Balaban J connectivity index is 1.58. The first kappa shape index (κ1) is 24.1. The van der Waals surface area contributed by atoms with Gasteiger partial charge in [0.05, 0.1) is 24.0 Å². The predicted octanol–water partition coefficient (Wildman–Crippen LogP) is 6.27. The third-order valence-electron chi connectivity index (χ3n) is 6.84. The smallest absolute Gasteiger partial charge is 0.239 e. The van der Waals surface area contributed by atoms with Gasteiger partial charge in [-0.15, -0.1) is 0 Å². The molecule has 0 aromatic heterocycles. The molecule has 5 rings (SSSR count). The maximum absolute atomic E-state index is 13.7. The fourth-order valence-electron chi connectivity index (χ4n) is 5.23. The molecule has 36 heavy (non-hydrogen) atoms. The van der Waals surface area contributed by atoms with Gasteiger partial charge in [0.2, 0.25) is 5.91 Å². The lowest BCUT2D eigenvalue weighted by Gasteiger charge is -2.37. The lowest BCUT2D eigenvalue weighted by Crippen LogP contribution is -2.41. The number of allylic oxidation sites excluding steroid dienone is 1. The number of hydrogen-bond donors (Lipinski definition) is 2. The van der Waals surface area contributed by atoms with Gasteiger partial charge in [-0.05, 0) is 47.2 Å². The molecule has 0 radical (unpaired) electrons. The van der Waals surface area contributed by atoms with Gasteiger partial charge in [-0.2, -0.15) is 0 Å². The number of hydrogen-bond acceptors (Lipinski definition) is 4. The summed E-state index contributed by atoms with van der Waals surface area (Å²) in [6.45, 7) is 4.80. The fourth-order valence-corrected chi connectivity index (χ4v) is 5.35. The van der Waals surface area contributed by atoms with Crippen LogP contribution < -0.4 is 15.5 Å². The van der Waals surface area contributed by atoms with E-state index in [0.717, 1.165) is 40.2 Å². The van der Waals surface area contributed by atoms with Gasteiger partial charge >= 0.3 is 0 Å². The molecule has 0 saturated carbocycles. The minimum absolute atomic E-state index is 0.103. The molecule has 0 spiro atoms. The Morgan fingerprint density at radius 3 is 2.44 bits per heavy atom. The van der Waals surface area contributed by atoms with E-state index >= 15 is 0 Å². The van der Waals surface area contributed by atoms with Crippen LogP contribution >= 0.6 is 11.6 Å². The molecule has 1 aliphatic heterocycles. The number of halogens is 1. The number of amides is 1. The molecule has 0 saturated heterocycles. The maximum atomic E-state index is 13.7. The van der Waals surface area contributed by atoms with Gasteiger partial charge in [0.25, 0.3) is 0 Å². The van der Waals surface area contributed by atoms with Crippen LogP contribution in [-0.2, 0) is 16.1 Å². The number of para-hydroxylation sites is 2. The number of ketones is 1. The molecule has 1 aliphatic carbocycles. The van der Waals surface area contributed by atoms with Crippen molar-refractivity contribution in [1.82, 2.24) is 5.32 Å². The van der Waals surface area contributed by atoms with E-state index in [1.54, 1.807) is 0 Å². The van der Waals surface area contributed by atoms with Crippen molar-refractivity contribution in [2.75, 3.05) is 16.8 Å². The monoisotopic (exact) mass is 499 g/mol. The van der Waals surface area contributed by atoms with Crippen LogP contribution in [0.3, 0.4) is 0 Å². The Hall–Kier alpha value is -3.57. The molecule has 1 amide bonds. The zero-order chi connectivity index (χ0) is 25.3. The number of rotatable bonds is 5. The maximum Gasteiger partial charge on any atom is 0.239 e. The highest BCUT2D eigenvalue weighted by atomic mass is 35.5. The van der Waals surface area contributed by atoms with Crippen molar-refractivity contribution in [2.45, 2.75) is 39.3 Å². The Morgan fingerprint density at radius 2 is 1.69 bits per heavy atom. The first-order valence-corrected chi connectivity index (χ1v) is 12.6. The highest BCUT2D eigenvalue weighted by molar-refractivity contribution is 6.30. The zero-order valence-electron chi connectivity index (χ0n) is 20.6. The van der Waals surface area contributed by atoms with E-state index in [4.69, 9.17) is 11.6 Å². The normalized spacial score (nSPS) is 18.6. The molecule has 3 aromatic carbocycles. The summed E-state index contributed by atoms with van der Waals surface area (Å²) in [6.07, 6.45) is 1.21. The van der Waals surface area contributed by atoms with Crippen molar-refractivity contribution >= 4 is 34.7 Å². The van der Waals surface area contributed by atoms with Gasteiger partial charge in [-0.1, -0.05) is 80.0 Å². The van der Waals surface area contributed by atoms with E-state index < -0.39 is 6.04 Å². The molecule has 1 atom stereocenters. The first-order valence-electron chi connectivity index (χ1n) is 12.3. The second kappa shape index (κ2) is 9.82. The van der Waals surface area contributed by atoms with Gasteiger partial charge in [0, 0.05) is 29.3 Å². The minimum atomic E-state index is -0.417. The molecule has 2 aliphatic rings. The minimum Gasteiger partial charge on any atom is -0.357 e. The number of nitrogens with zero attached hydrogens (tertiary/aromatic N) is 1. The van der Waals surface area contributed by atoms with E-state index in [9.17, 15) is 9.59 Å². The average molecular weight is 500 g/mol. The molecule has 2 N–H and O–H groups in total. The summed E-state index contributed by atoms with van der Waals surface area (Å²) < 4.78 is 0. The van der Waals surface area contributed by atoms with Gasteiger partial charge in [0.1, 0.15) is 0 Å². The van der Waals surface area contributed by atoms with Crippen LogP contribution in [0.4, 0.5) is 11.4 Å². The van der Waals surface area contributed by atoms with Crippen LogP contribution in [-0.4, -0.2) is 18.2 Å². The summed E-state index contributed by atoms with van der Waals surface area (Å²) in [7, 11) is 0. The van der Waals surface area contributed by atoms with Crippen LogP contribution in [0.2, 0.25) is 5.02 Å². The largest absolute Gasteiger partial charge is 0.357 e. The average Bonchev–Trinajstić information content (AvgIpc) is 2.98. The lowest BCUT2D eigenvalue weighted by atomic mass is 9.73. The van der Waals surface area contributed by atoms with E-state index in [1.165, 1.54) is 0 Å². The topological polar surface area (TPSA) is 61.4 Å². The molecule has 1 unspecified atom stereocenters. The fraction of sp³-hybridized carbons (Fsp3) is 0.267. The van der Waals surface area contributed by atoms with Crippen molar-refractivity contribution in [3.05, 3.63) is 106 Å². The molecular formula is C30H30ClN3O2. The molecule has 5 nitrogen and oxygen atoms in total. The van der Waals surface area contributed by atoms with Gasteiger partial charge < -0.3 is 15.5 Å². The lowest BCUT2D eigenvalue weighted by molar-refractivity contribution is -0.120. The highest BCUT2D eigenvalue weighted by Crippen LogP contribution is 2.48. The number of carbonyl (C=O) groups excluding carboxylic acids is 2. The Labute approximate surface area is 217 Å². The molecule has 184 valence electrons. The summed E-state index contributed by atoms with van der Waals surface area (Å²) >= 11 is 6.22. The summed E-state index contributed by atoms with van der Waals surface area (Å²) in [6, 6.07) is 25.0. The second-order valence-corrected chi connectivity index (χ2v) is 10.8. The van der Waals surface area contributed by atoms with Crippen LogP contribution in [0.25, 0.3) is 0 Å². The molecule has 0 fully saturated rings. The van der Waals surface area contributed by atoms with Gasteiger partial charge in [-0.3, -0.25) is 9.59 Å². The second-order valence-electron chi connectivity index (χ2n) is 10.3. The molecule has 3 aromatic rings. The summed E-state index contributed by atoms with van der Waals surface area (Å²) in [4.78, 5) is 29.0. The van der Waals surface area contributed by atoms with Crippen LogP contribution in [0.1, 0.15) is 43.9 Å². The number of carbonyl (C=O) groups is 2. The number of benzene rings is 3. The van der Waals surface area contributed by atoms with E-state index in [-0.39, 0.29) is 23.7 Å². The van der Waals surface area contributed by atoms with Crippen molar-refractivity contribution in [3.8, 4) is 0 Å². The van der Waals surface area contributed by atoms with Crippen LogP contribution in [0, 0.1) is 5.41 Å². The number of nitrogens with one attached hydrogen (secondary N) is 2. The Kier molecular flexibility index (Phi) is 6.59. The molecule has 0 bridgehead atoms. The zero-order valence-corrected chi connectivity index (χ0v) is 21.3. The van der Waals surface area contributed by atoms with E-state index in [2.05, 4.69) is 24.5 Å². The Morgan fingerprint density at radius 1 is 1.00 bits per heavy atom. The van der Waals surface area contributed by atoms with Gasteiger partial charge in [-0.25, -0.2) is 0 Å². The van der Waals surface area contributed by atoms with Crippen molar-refractivity contribution < 1.29 is 9.59 Å². The van der Waals surface area contributed by atoms with Crippen molar-refractivity contribution in [2.24, 2.45) is 5.41 Å². The van der Waals surface area contributed by atoms with E-state index in [1.807, 2.05) is 83.8 Å². The van der Waals surface area contributed by atoms with Crippen LogP contribution in [0.5, 0.6) is 0 Å². The highest BCUT2D eigenvalue weighted by Gasteiger charge is 2.41. The van der Waals surface area contributed by atoms with Crippen LogP contribution in [0.15, 0.2) is 90.1 Å². The quantitative estimate of drug-likeness (QED) is 0.434. The summed E-state index contributed by atoms with van der Waals surface area (Å²) in [5.41, 5.74) is 5.24. The molecule has 6 heteroatoms. The SMILES string of the molecule is CC1(C)CC(=O)C2=C(C1)Nc1ccccc1N(CC(=O)NCc1ccccc1)C2c1ccc(Cl)cc1. The summed E-state index contributed by atoms with van der Waals surface area (Å²) in [5.74, 6) is -0.00328. The van der Waals surface area contributed by atoms with Crippen molar-refractivity contribution in [3.63, 3.8) is 0 Å². The standard InChI is InChI=1S/C30H30ClN3O2/c1-30(2)16-24-28(26(35)17-30)29(21-12-14-22(31)15-13-21)34(25-11-7-6-10-23(25)33-24)19-27(36)32-18-20-8-4-3-5-9-20/h3-15,29,33H,16-19H2,1-2H3,(H,32,36). The Bertz CT molecular complexity index is 1320. The predicted molar refractivity (Wildman–Crippen MR) is 145 cm³/mol. The van der Waals surface area contributed by atoms with Crippen molar-refractivity contribution in [1.29, 1.82) is 0 Å². The first-order chi connectivity index (χ1) is 17.3. The number of fused-ring (bicyclic) bond motifs is 1. The molecular weight excluding hydrogens is 470 g/mol. The molecule has 1 heterocycles.